The maximum Gasteiger partial charge on any atom is 0.254 e. The van der Waals surface area contributed by atoms with Crippen molar-refractivity contribution in [2.75, 3.05) is 30.5 Å². The van der Waals surface area contributed by atoms with Gasteiger partial charge in [-0.05, 0) is 24.6 Å². The molecule has 0 saturated carbocycles. The van der Waals surface area contributed by atoms with E-state index in [0.29, 0.717) is 11.8 Å². The molecule has 0 spiro atoms. The SMILES string of the molecule is CCN(C)c1ccc(C=NN(C)c2oc(C(C)(C)C)nc2C#N)cc1. The third kappa shape index (κ3) is 4.38. The maximum atomic E-state index is 9.28. The Morgan fingerprint density at radius 2 is 1.88 bits per heavy atom. The molecule has 0 aliphatic heterocycles. The molecule has 0 unspecified atom stereocenters. The lowest BCUT2D eigenvalue weighted by Crippen LogP contribution is -2.15. The van der Waals surface area contributed by atoms with Crippen LogP contribution in [-0.2, 0) is 5.41 Å². The zero-order chi connectivity index (χ0) is 18.6. The summed E-state index contributed by atoms with van der Waals surface area (Å²) in [4.78, 5) is 6.43. The highest BCUT2D eigenvalue weighted by molar-refractivity contribution is 5.81. The fraction of sp³-hybridized carbons (Fsp3) is 0.421. The van der Waals surface area contributed by atoms with Gasteiger partial charge in [-0.25, -0.2) is 5.01 Å². The second-order valence-corrected chi connectivity index (χ2v) is 6.91. The Kier molecular flexibility index (Phi) is 5.48. The van der Waals surface area contributed by atoms with E-state index in [9.17, 15) is 5.26 Å². The van der Waals surface area contributed by atoms with Crippen molar-refractivity contribution in [3.8, 4) is 6.07 Å². The zero-order valence-corrected chi connectivity index (χ0v) is 15.7. The van der Waals surface area contributed by atoms with E-state index in [1.54, 1.807) is 13.3 Å². The van der Waals surface area contributed by atoms with Crippen LogP contribution in [-0.4, -0.2) is 31.8 Å². The number of oxazole rings is 1. The Bertz CT molecular complexity index is 778. The van der Waals surface area contributed by atoms with E-state index in [2.05, 4.69) is 47.2 Å². The van der Waals surface area contributed by atoms with E-state index in [0.717, 1.165) is 17.8 Å². The fourth-order valence-electron chi connectivity index (χ4n) is 2.13. The number of aromatic nitrogens is 1. The van der Waals surface area contributed by atoms with E-state index >= 15 is 0 Å². The summed E-state index contributed by atoms with van der Waals surface area (Å²) < 4.78 is 5.76. The first-order chi connectivity index (χ1) is 11.8. The Morgan fingerprint density at radius 1 is 1.24 bits per heavy atom. The summed E-state index contributed by atoms with van der Waals surface area (Å²) in [5.41, 5.74) is 2.10. The molecular formula is C19H25N5O. The minimum Gasteiger partial charge on any atom is -0.421 e. The van der Waals surface area contributed by atoms with Gasteiger partial charge in [0.05, 0.1) is 6.21 Å². The first-order valence-corrected chi connectivity index (χ1v) is 8.26. The number of nitriles is 1. The predicted molar refractivity (Wildman–Crippen MR) is 101 cm³/mol. The molecule has 6 heteroatoms. The second-order valence-electron chi connectivity index (χ2n) is 6.91. The summed E-state index contributed by atoms with van der Waals surface area (Å²) in [5.74, 6) is 0.874. The summed E-state index contributed by atoms with van der Waals surface area (Å²) in [5, 5.41) is 15.2. The number of rotatable bonds is 5. The molecule has 1 aromatic heterocycles. The van der Waals surface area contributed by atoms with Crippen molar-refractivity contribution < 1.29 is 4.42 Å². The third-order valence-corrected chi connectivity index (χ3v) is 3.84. The Labute approximate surface area is 149 Å². The van der Waals surface area contributed by atoms with Crippen molar-refractivity contribution in [3.05, 3.63) is 41.4 Å². The number of hydrogen-bond donors (Lipinski definition) is 0. The molecule has 0 radical (unpaired) electrons. The molecule has 0 aliphatic rings. The predicted octanol–water partition coefficient (Wildman–Crippen LogP) is 3.77. The number of nitrogens with zero attached hydrogens (tertiary/aromatic N) is 5. The molecule has 0 bridgehead atoms. The van der Waals surface area contributed by atoms with E-state index in [1.807, 2.05) is 32.9 Å². The minimum absolute atomic E-state index is 0.240. The third-order valence-electron chi connectivity index (χ3n) is 3.84. The normalized spacial score (nSPS) is 11.6. The molecule has 2 aromatic rings. The Balaban J connectivity index is 2.19. The molecule has 0 saturated heterocycles. The maximum absolute atomic E-state index is 9.28. The van der Waals surface area contributed by atoms with Crippen LogP contribution in [0.3, 0.4) is 0 Å². The van der Waals surface area contributed by atoms with E-state index in [1.165, 1.54) is 5.01 Å². The van der Waals surface area contributed by atoms with Crippen LogP contribution in [0.25, 0.3) is 0 Å². The van der Waals surface area contributed by atoms with Crippen LogP contribution < -0.4 is 9.91 Å². The molecule has 0 amide bonds. The van der Waals surface area contributed by atoms with Gasteiger partial charge in [0, 0.05) is 31.7 Å². The number of benzene rings is 1. The summed E-state index contributed by atoms with van der Waals surface area (Å²) in [6.45, 7) is 9.03. The van der Waals surface area contributed by atoms with Gasteiger partial charge < -0.3 is 9.32 Å². The molecule has 25 heavy (non-hydrogen) atoms. The van der Waals surface area contributed by atoms with Crippen LogP contribution in [0, 0.1) is 11.3 Å². The standard InChI is InChI=1S/C19H25N5O/c1-7-23(5)15-10-8-14(9-11-15)13-21-24(6)17-16(12-20)22-18(25-17)19(2,3)4/h8-11,13H,7H2,1-6H3. The van der Waals surface area contributed by atoms with E-state index < -0.39 is 0 Å². The largest absolute Gasteiger partial charge is 0.421 e. The topological polar surface area (TPSA) is 68.7 Å². The lowest BCUT2D eigenvalue weighted by molar-refractivity contribution is 0.394. The molecule has 6 nitrogen and oxygen atoms in total. The van der Waals surface area contributed by atoms with Gasteiger partial charge >= 0.3 is 0 Å². The summed E-state index contributed by atoms with van der Waals surface area (Å²) in [7, 11) is 3.79. The molecule has 2 rings (SSSR count). The summed E-state index contributed by atoms with van der Waals surface area (Å²) in [6.07, 6.45) is 1.73. The fourth-order valence-corrected chi connectivity index (χ4v) is 2.13. The molecule has 0 aliphatic carbocycles. The van der Waals surface area contributed by atoms with Gasteiger partial charge in [-0.3, -0.25) is 0 Å². The molecular weight excluding hydrogens is 314 g/mol. The number of hydrazone groups is 1. The highest BCUT2D eigenvalue weighted by Crippen LogP contribution is 2.28. The van der Waals surface area contributed by atoms with Crippen molar-refractivity contribution in [1.29, 1.82) is 5.26 Å². The van der Waals surface area contributed by atoms with Crippen molar-refractivity contribution >= 4 is 17.8 Å². The van der Waals surface area contributed by atoms with Gasteiger partial charge in [0.15, 0.2) is 0 Å². The molecule has 0 atom stereocenters. The average Bonchev–Trinajstić information content (AvgIpc) is 3.04. The van der Waals surface area contributed by atoms with Crippen LogP contribution >= 0.6 is 0 Å². The van der Waals surface area contributed by atoms with Gasteiger partial charge in [-0.2, -0.15) is 15.3 Å². The van der Waals surface area contributed by atoms with Crippen LogP contribution in [0.4, 0.5) is 11.6 Å². The van der Waals surface area contributed by atoms with Crippen LogP contribution in [0.2, 0.25) is 0 Å². The van der Waals surface area contributed by atoms with Crippen LogP contribution in [0.1, 0.15) is 44.8 Å². The number of hydrogen-bond acceptors (Lipinski definition) is 6. The summed E-state index contributed by atoms with van der Waals surface area (Å²) in [6, 6.07) is 10.2. The van der Waals surface area contributed by atoms with Crippen LogP contribution in [0.5, 0.6) is 0 Å². The quantitative estimate of drug-likeness (QED) is 0.612. The smallest absolute Gasteiger partial charge is 0.254 e. The van der Waals surface area contributed by atoms with Gasteiger partial charge in [0.25, 0.3) is 5.88 Å². The molecule has 0 N–H and O–H groups in total. The molecule has 132 valence electrons. The average molecular weight is 339 g/mol. The van der Waals surface area contributed by atoms with Gasteiger partial charge in [-0.15, -0.1) is 0 Å². The van der Waals surface area contributed by atoms with Crippen LogP contribution in [0.15, 0.2) is 33.8 Å². The Hall–Kier alpha value is -2.81. The van der Waals surface area contributed by atoms with Crippen molar-refractivity contribution in [2.45, 2.75) is 33.1 Å². The molecule has 0 fully saturated rings. The first-order valence-electron chi connectivity index (χ1n) is 8.26. The van der Waals surface area contributed by atoms with E-state index in [4.69, 9.17) is 4.42 Å². The summed E-state index contributed by atoms with van der Waals surface area (Å²) >= 11 is 0. The zero-order valence-electron chi connectivity index (χ0n) is 15.7. The first kappa shape index (κ1) is 18.5. The van der Waals surface area contributed by atoms with Crippen molar-refractivity contribution in [2.24, 2.45) is 5.10 Å². The van der Waals surface area contributed by atoms with Gasteiger partial charge in [-0.1, -0.05) is 32.9 Å². The lowest BCUT2D eigenvalue weighted by Gasteiger charge is -2.16. The minimum atomic E-state index is -0.268. The van der Waals surface area contributed by atoms with Crippen molar-refractivity contribution in [1.82, 2.24) is 4.98 Å². The highest BCUT2D eigenvalue weighted by Gasteiger charge is 2.25. The monoisotopic (exact) mass is 339 g/mol. The van der Waals surface area contributed by atoms with Gasteiger partial charge in [0.1, 0.15) is 6.07 Å². The molecule has 1 heterocycles. The van der Waals surface area contributed by atoms with E-state index in [-0.39, 0.29) is 11.1 Å². The second kappa shape index (κ2) is 7.39. The Morgan fingerprint density at radius 3 is 2.40 bits per heavy atom. The van der Waals surface area contributed by atoms with Crippen molar-refractivity contribution in [3.63, 3.8) is 0 Å². The van der Waals surface area contributed by atoms with Gasteiger partial charge in [0.2, 0.25) is 11.6 Å². The molecule has 1 aromatic carbocycles. The lowest BCUT2D eigenvalue weighted by atomic mass is 9.97. The highest BCUT2D eigenvalue weighted by atomic mass is 16.4. The number of anilines is 2.